The van der Waals surface area contributed by atoms with E-state index in [4.69, 9.17) is 11.0 Å². The highest BCUT2D eigenvalue weighted by Gasteiger charge is 2.27. The van der Waals surface area contributed by atoms with E-state index in [2.05, 4.69) is 32.7 Å². The van der Waals surface area contributed by atoms with Crippen molar-refractivity contribution >= 4 is 45.2 Å². The number of nitrogens with two attached hydrogens (primary N) is 1. The molecular formula is C14H15IN6O. The van der Waals surface area contributed by atoms with Crippen molar-refractivity contribution in [2.75, 3.05) is 18.8 Å². The van der Waals surface area contributed by atoms with Crippen LogP contribution in [-0.4, -0.2) is 38.7 Å². The predicted octanol–water partition coefficient (Wildman–Crippen LogP) is 1.70. The van der Waals surface area contributed by atoms with Crippen LogP contribution in [0.1, 0.15) is 25.3 Å². The Kier molecular flexibility index (Phi) is 4.15. The van der Waals surface area contributed by atoms with Crippen LogP contribution in [0.3, 0.4) is 0 Å². The lowest BCUT2D eigenvalue weighted by molar-refractivity contribution is -0.131. The molecule has 0 radical (unpaired) electrons. The SMILES string of the molecule is N#CCC(=O)N1CCCC(n2nc(I)c3c(N)nccc32)C1. The standard InChI is InChI=1S/C14H15IN6O/c15-13-12-10(4-6-18-14(12)17)21(19-13)9-2-1-7-20(8-9)11(22)3-5-16/h4,6,9H,1-3,7-8H2,(H2,17,18). The molecule has 1 unspecified atom stereocenters. The van der Waals surface area contributed by atoms with E-state index >= 15 is 0 Å². The quantitative estimate of drug-likeness (QED) is 0.760. The Bertz CT molecular complexity index is 765. The van der Waals surface area contributed by atoms with Crippen molar-refractivity contribution in [3.63, 3.8) is 0 Å². The van der Waals surface area contributed by atoms with Crippen molar-refractivity contribution in [2.24, 2.45) is 0 Å². The molecule has 1 atom stereocenters. The van der Waals surface area contributed by atoms with Crippen LogP contribution >= 0.6 is 22.6 Å². The summed E-state index contributed by atoms with van der Waals surface area (Å²) in [5, 5.41) is 14.1. The van der Waals surface area contributed by atoms with E-state index in [-0.39, 0.29) is 18.4 Å². The average molecular weight is 410 g/mol. The third-order valence-corrected chi connectivity index (χ3v) is 4.69. The molecule has 1 amide bonds. The topological polar surface area (TPSA) is 101 Å². The maximum absolute atomic E-state index is 11.9. The Balaban J connectivity index is 1.93. The summed E-state index contributed by atoms with van der Waals surface area (Å²) in [6.45, 7) is 1.28. The van der Waals surface area contributed by atoms with E-state index in [9.17, 15) is 4.79 Å². The lowest BCUT2D eigenvalue weighted by atomic mass is 10.1. The molecule has 2 N–H and O–H groups in total. The smallest absolute Gasteiger partial charge is 0.236 e. The van der Waals surface area contributed by atoms with Crippen LogP contribution in [0.15, 0.2) is 12.3 Å². The minimum absolute atomic E-state index is 0.0685. The number of anilines is 1. The number of pyridine rings is 1. The first-order chi connectivity index (χ1) is 10.6. The van der Waals surface area contributed by atoms with Crippen LogP contribution in [0.4, 0.5) is 5.82 Å². The van der Waals surface area contributed by atoms with Crippen molar-refractivity contribution in [3.05, 3.63) is 16.0 Å². The maximum Gasteiger partial charge on any atom is 0.236 e. The van der Waals surface area contributed by atoms with Crippen molar-refractivity contribution in [2.45, 2.75) is 25.3 Å². The third-order valence-electron chi connectivity index (χ3n) is 3.93. The second-order valence-electron chi connectivity index (χ2n) is 5.30. The molecule has 22 heavy (non-hydrogen) atoms. The van der Waals surface area contributed by atoms with Crippen LogP contribution in [-0.2, 0) is 4.79 Å². The molecule has 1 saturated heterocycles. The molecule has 1 aliphatic heterocycles. The van der Waals surface area contributed by atoms with Gasteiger partial charge >= 0.3 is 0 Å². The number of piperidine rings is 1. The molecule has 3 heterocycles. The van der Waals surface area contributed by atoms with E-state index in [1.807, 2.05) is 16.8 Å². The molecule has 0 bridgehead atoms. The van der Waals surface area contributed by atoms with Gasteiger partial charge in [0, 0.05) is 19.3 Å². The summed E-state index contributed by atoms with van der Waals surface area (Å²) in [5.41, 5.74) is 6.89. The normalized spacial score (nSPS) is 18.4. The van der Waals surface area contributed by atoms with Crippen molar-refractivity contribution in [3.8, 4) is 6.07 Å². The number of nitrogens with zero attached hydrogens (tertiary/aromatic N) is 5. The molecule has 1 aliphatic rings. The van der Waals surface area contributed by atoms with Crippen LogP contribution < -0.4 is 5.73 Å². The van der Waals surface area contributed by atoms with Crippen molar-refractivity contribution in [1.29, 1.82) is 5.26 Å². The van der Waals surface area contributed by atoms with Gasteiger partial charge in [-0.05, 0) is 41.5 Å². The van der Waals surface area contributed by atoms with E-state index in [0.29, 0.717) is 18.9 Å². The Hall–Kier alpha value is -1.89. The lowest BCUT2D eigenvalue weighted by Gasteiger charge is -2.32. The van der Waals surface area contributed by atoms with Gasteiger partial charge in [-0.15, -0.1) is 0 Å². The number of aromatic nitrogens is 3. The summed E-state index contributed by atoms with van der Waals surface area (Å²) in [5.74, 6) is 0.362. The Morgan fingerprint density at radius 1 is 1.59 bits per heavy atom. The summed E-state index contributed by atoms with van der Waals surface area (Å²) < 4.78 is 2.76. The molecule has 0 saturated carbocycles. The zero-order valence-electron chi connectivity index (χ0n) is 11.9. The Labute approximate surface area is 141 Å². The second kappa shape index (κ2) is 6.08. The highest BCUT2D eigenvalue weighted by atomic mass is 127. The van der Waals surface area contributed by atoms with Crippen LogP contribution in [0.2, 0.25) is 0 Å². The first kappa shape index (κ1) is 15.0. The second-order valence-corrected chi connectivity index (χ2v) is 6.32. The highest BCUT2D eigenvalue weighted by molar-refractivity contribution is 14.1. The molecule has 0 aliphatic carbocycles. The van der Waals surface area contributed by atoms with Gasteiger partial charge in [0.2, 0.25) is 5.91 Å². The van der Waals surface area contributed by atoms with Gasteiger partial charge in [0.25, 0.3) is 0 Å². The minimum atomic E-state index is -0.112. The van der Waals surface area contributed by atoms with Gasteiger partial charge in [0.15, 0.2) is 0 Å². The van der Waals surface area contributed by atoms with Gasteiger partial charge in [-0.3, -0.25) is 9.48 Å². The number of rotatable bonds is 2. The number of amides is 1. The highest BCUT2D eigenvalue weighted by Crippen LogP contribution is 2.30. The number of halogens is 1. The predicted molar refractivity (Wildman–Crippen MR) is 89.7 cm³/mol. The molecule has 2 aromatic rings. The monoisotopic (exact) mass is 410 g/mol. The van der Waals surface area contributed by atoms with Gasteiger partial charge in [-0.2, -0.15) is 10.4 Å². The Morgan fingerprint density at radius 2 is 2.41 bits per heavy atom. The number of hydrogen-bond acceptors (Lipinski definition) is 5. The van der Waals surface area contributed by atoms with Crippen LogP contribution in [0.5, 0.6) is 0 Å². The number of nitrogen functional groups attached to an aromatic ring is 1. The minimum Gasteiger partial charge on any atom is -0.383 e. The largest absolute Gasteiger partial charge is 0.383 e. The maximum atomic E-state index is 11.9. The summed E-state index contributed by atoms with van der Waals surface area (Å²) in [4.78, 5) is 17.8. The summed E-state index contributed by atoms with van der Waals surface area (Å²) >= 11 is 2.16. The number of carbonyl (C=O) groups excluding carboxylic acids is 1. The fourth-order valence-corrected chi connectivity index (χ4v) is 3.69. The number of hydrogen-bond donors (Lipinski definition) is 1. The van der Waals surface area contributed by atoms with Crippen molar-refractivity contribution in [1.82, 2.24) is 19.7 Å². The first-order valence-corrected chi connectivity index (χ1v) is 8.12. The third kappa shape index (κ3) is 2.61. The van der Waals surface area contributed by atoms with Crippen LogP contribution in [0, 0.1) is 15.0 Å². The zero-order valence-corrected chi connectivity index (χ0v) is 14.0. The number of carbonyl (C=O) groups is 1. The molecule has 7 nitrogen and oxygen atoms in total. The fraction of sp³-hybridized carbons (Fsp3) is 0.429. The Morgan fingerprint density at radius 3 is 3.18 bits per heavy atom. The van der Waals surface area contributed by atoms with Crippen molar-refractivity contribution < 1.29 is 4.79 Å². The van der Waals surface area contributed by atoms with Gasteiger partial charge in [0.1, 0.15) is 15.9 Å². The molecule has 114 valence electrons. The van der Waals surface area contributed by atoms with Gasteiger partial charge in [-0.25, -0.2) is 4.98 Å². The summed E-state index contributed by atoms with van der Waals surface area (Å²) in [7, 11) is 0. The van der Waals surface area contributed by atoms with E-state index in [0.717, 1.165) is 27.4 Å². The molecule has 1 fully saturated rings. The van der Waals surface area contributed by atoms with E-state index < -0.39 is 0 Å². The molecular weight excluding hydrogens is 395 g/mol. The average Bonchev–Trinajstić information content (AvgIpc) is 2.86. The number of fused-ring (bicyclic) bond motifs is 1. The van der Waals surface area contributed by atoms with Crippen LogP contribution in [0.25, 0.3) is 10.9 Å². The number of nitriles is 1. The number of likely N-dealkylation sites (tertiary alicyclic amines) is 1. The molecule has 8 heteroatoms. The summed E-state index contributed by atoms with van der Waals surface area (Å²) in [6, 6.07) is 3.92. The zero-order chi connectivity index (χ0) is 15.7. The summed E-state index contributed by atoms with van der Waals surface area (Å²) in [6.07, 6.45) is 3.46. The molecule has 3 rings (SSSR count). The van der Waals surface area contributed by atoms with E-state index in [1.54, 1.807) is 11.1 Å². The molecule has 0 spiro atoms. The first-order valence-electron chi connectivity index (χ1n) is 7.04. The molecule has 0 aromatic carbocycles. The van der Waals surface area contributed by atoms with E-state index in [1.165, 1.54) is 0 Å². The molecule has 2 aromatic heterocycles. The van der Waals surface area contributed by atoms with Gasteiger partial charge in [-0.1, -0.05) is 0 Å². The van der Waals surface area contributed by atoms with Gasteiger partial charge < -0.3 is 10.6 Å². The van der Waals surface area contributed by atoms with Gasteiger partial charge in [0.05, 0.1) is 23.0 Å². The fourth-order valence-electron chi connectivity index (χ4n) is 2.91. The lowest BCUT2D eigenvalue weighted by Crippen LogP contribution is -2.40.